The minimum absolute atomic E-state index is 0.0822. The maximum absolute atomic E-state index is 13.7. The second-order valence-electron chi connectivity index (χ2n) is 9.46. The van der Waals surface area contributed by atoms with E-state index in [0.29, 0.717) is 61.4 Å². The van der Waals surface area contributed by atoms with Crippen LogP contribution < -0.4 is 20.9 Å². The molecule has 1 N–H and O–H groups in total. The summed E-state index contributed by atoms with van der Waals surface area (Å²) in [5.74, 6) is 0.0603. The van der Waals surface area contributed by atoms with Gasteiger partial charge < -0.3 is 29.2 Å². The fourth-order valence-corrected chi connectivity index (χ4v) is 5.20. The first-order chi connectivity index (χ1) is 18.5. The number of fused-ring (bicyclic) bond motifs is 3. The van der Waals surface area contributed by atoms with Gasteiger partial charge in [-0.05, 0) is 31.0 Å². The third kappa shape index (κ3) is 4.38. The highest BCUT2D eigenvalue weighted by Gasteiger charge is 2.37. The largest absolute Gasteiger partial charge is 0.437 e. The number of hydrogen-bond acceptors (Lipinski definition) is 10. The molecule has 2 saturated heterocycles. The first-order valence-corrected chi connectivity index (χ1v) is 12.7. The summed E-state index contributed by atoms with van der Waals surface area (Å²) in [6.45, 7) is 3.00. The molecule has 3 aromatic rings. The van der Waals surface area contributed by atoms with Crippen LogP contribution in [0.1, 0.15) is 23.2 Å². The summed E-state index contributed by atoms with van der Waals surface area (Å²) in [6, 6.07) is 7.26. The van der Waals surface area contributed by atoms with Crippen LogP contribution >= 0.6 is 0 Å². The van der Waals surface area contributed by atoms with Gasteiger partial charge in [0, 0.05) is 56.7 Å². The van der Waals surface area contributed by atoms with E-state index in [4.69, 9.17) is 9.15 Å². The number of nitrogens with one attached hydrogen (secondary N) is 1. The number of carbonyl (C=O) groups excluding carboxylic acids is 2. The third-order valence-electron chi connectivity index (χ3n) is 7.17. The molecule has 2 amide bonds. The number of carbonyl (C=O) groups is 2. The molecule has 2 aromatic heterocycles. The topological polar surface area (TPSA) is 139 Å². The van der Waals surface area contributed by atoms with Gasteiger partial charge >= 0.3 is 5.76 Å². The molecule has 0 bridgehead atoms. The van der Waals surface area contributed by atoms with Gasteiger partial charge in [-0.15, -0.1) is 5.10 Å². The Morgan fingerprint density at radius 1 is 1.18 bits per heavy atom. The normalized spacial score (nSPS) is 19.2. The van der Waals surface area contributed by atoms with E-state index in [9.17, 15) is 14.4 Å². The molecule has 1 atom stereocenters. The maximum atomic E-state index is 13.7. The molecule has 3 aliphatic rings. The average Bonchev–Trinajstić information content (AvgIpc) is 3.55. The van der Waals surface area contributed by atoms with Gasteiger partial charge in [0.25, 0.3) is 5.91 Å². The zero-order valence-corrected chi connectivity index (χ0v) is 21.0. The lowest BCUT2D eigenvalue weighted by Crippen LogP contribution is -2.43. The number of aromatic nitrogens is 4. The van der Waals surface area contributed by atoms with Crippen LogP contribution in [0.3, 0.4) is 0 Å². The van der Waals surface area contributed by atoms with Crippen LogP contribution in [0.5, 0.6) is 0 Å². The van der Waals surface area contributed by atoms with Crippen molar-refractivity contribution in [3.63, 3.8) is 0 Å². The molecule has 13 nitrogen and oxygen atoms in total. The maximum Gasteiger partial charge on any atom is 0.437 e. The van der Waals surface area contributed by atoms with Gasteiger partial charge in [0.1, 0.15) is 17.9 Å². The van der Waals surface area contributed by atoms with Crippen LogP contribution in [0.2, 0.25) is 0 Å². The highest BCUT2D eigenvalue weighted by Crippen LogP contribution is 2.34. The lowest BCUT2D eigenvalue weighted by molar-refractivity contribution is -0.136. The number of nitrogens with zero attached hydrogens (tertiary/aromatic N) is 7. The summed E-state index contributed by atoms with van der Waals surface area (Å²) >= 11 is 0. The molecule has 0 spiro atoms. The molecule has 2 fully saturated rings. The van der Waals surface area contributed by atoms with E-state index in [0.717, 1.165) is 24.1 Å². The summed E-state index contributed by atoms with van der Waals surface area (Å²) in [5, 5.41) is 7.22. The number of benzene rings is 1. The van der Waals surface area contributed by atoms with Crippen LogP contribution in [0.25, 0.3) is 11.5 Å². The van der Waals surface area contributed by atoms with Crippen molar-refractivity contribution in [2.45, 2.75) is 25.4 Å². The molecule has 0 radical (unpaired) electrons. The molecule has 6 rings (SSSR count). The van der Waals surface area contributed by atoms with E-state index >= 15 is 0 Å². The molecule has 5 heterocycles. The van der Waals surface area contributed by atoms with E-state index in [-0.39, 0.29) is 30.3 Å². The predicted octanol–water partition coefficient (Wildman–Crippen LogP) is 0.823. The van der Waals surface area contributed by atoms with Crippen LogP contribution in [0.15, 0.2) is 39.7 Å². The van der Waals surface area contributed by atoms with Crippen molar-refractivity contribution < 1.29 is 18.7 Å². The van der Waals surface area contributed by atoms with Crippen molar-refractivity contribution >= 4 is 29.3 Å². The number of morpholine rings is 1. The molecule has 38 heavy (non-hydrogen) atoms. The Morgan fingerprint density at radius 2 is 2.03 bits per heavy atom. The molecule has 0 unspecified atom stereocenters. The Labute approximate surface area is 218 Å². The van der Waals surface area contributed by atoms with Gasteiger partial charge in [0.05, 0.1) is 13.2 Å². The van der Waals surface area contributed by atoms with Crippen LogP contribution in [-0.4, -0.2) is 88.9 Å². The second-order valence-corrected chi connectivity index (χ2v) is 9.46. The van der Waals surface area contributed by atoms with Crippen molar-refractivity contribution in [3.05, 3.63) is 46.6 Å². The lowest BCUT2D eigenvalue weighted by atomic mass is 10.1. The predicted molar refractivity (Wildman–Crippen MR) is 137 cm³/mol. The van der Waals surface area contributed by atoms with Crippen molar-refractivity contribution in [2.24, 2.45) is 0 Å². The Hall–Kier alpha value is -4.26. The first-order valence-electron chi connectivity index (χ1n) is 12.7. The Bertz CT molecular complexity index is 1430. The van der Waals surface area contributed by atoms with Crippen molar-refractivity contribution in [1.82, 2.24) is 24.6 Å². The molecular formula is C25H28N8O5. The summed E-state index contributed by atoms with van der Waals surface area (Å²) in [5.41, 5.74) is 1.61. The highest BCUT2D eigenvalue weighted by atomic mass is 16.5. The number of rotatable bonds is 5. The average molecular weight is 521 g/mol. The van der Waals surface area contributed by atoms with Gasteiger partial charge in [0.2, 0.25) is 17.7 Å². The van der Waals surface area contributed by atoms with Crippen molar-refractivity contribution in [1.29, 1.82) is 0 Å². The minimum atomic E-state index is -0.717. The minimum Gasteiger partial charge on any atom is -0.388 e. The zero-order chi connectivity index (χ0) is 26.2. The van der Waals surface area contributed by atoms with Crippen LogP contribution in [0, 0.1) is 0 Å². The smallest absolute Gasteiger partial charge is 0.388 e. The molecule has 13 heteroatoms. The van der Waals surface area contributed by atoms with Gasteiger partial charge in [-0.2, -0.15) is 9.67 Å². The van der Waals surface area contributed by atoms with E-state index in [2.05, 4.69) is 25.3 Å². The van der Waals surface area contributed by atoms with Gasteiger partial charge in [0.15, 0.2) is 0 Å². The summed E-state index contributed by atoms with van der Waals surface area (Å²) in [7, 11) is 1.75. The number of ether oxygens (including phenoxy) is 1. The fraction of sp³-hybridized carbons (Fsp3) is 0.440. The Balaban J connectivity index is 1.29. The first kappa shape index (κ1) is 24.1. The second kappa shape index (κ2) is 9.89. The van der Waals surface area contributed by atoms with Gasteiger partial charge in [-0.25, -0.2) is 9.78 Å². The van der Waals surface area contributed by atoms with Crippen LogP contribution in [-0.2, 0) is 16.1 Å². The fourth-order valence-electron chi connectivity index (χ4n) is 5.20. The SMILES string of the molecule is CNc1ncc2c(n1)N1CCC[C@H]1CN(c1cccc(-c3nn(CC(=O)N4CCOCC4)c(=O)o3)c1)C2=O. The van der Waals surface area contributed by atoms with Crippen LogP contribution in [0.4, 0.5) is 17.5 Å². The Kier molecular flexibility index (Phi) is 6.27. The van der Waals surface area contributed by atoms with Gasteiger partial charge in [-0.3, -0.25) is 9.59 Å². The van der Waals surface area contributed by atoms with E-state index < -0.39 is 5.76 Å². The number of hydrogen-bond donors (Lipinski definition) is 1. The molecular weight excluding hydrogens is 492 g/mol. The quantitative estimate of drug-likeness (QED) is 0.514. The van der Waals surface area contributed by atoms with Crippen molar-refractivity contribution in [3.8, 4) is 11.5 Å². The summed E-state index contributed by atoms with van der Waals surface area (Å²) in [4.78, 5) is 53.2. The molecule has 198 valence electrons. The lowest BCUT2D eigenvalue weighted by Gasteiger charge is -2.27. The third-order valence-corrected chi connectivity index (χ3v) is 7.17. The standard InChI is InChI=1S/C25H28N8O5/c1-26-24-27-13-19-21(28-24)31-7-3-6-18(31)14-32(23(19)35)17-5-2-4-16(12-17)22-29-33(25(36)38-22)15-20(34)30-8-10-37-11-9-30/h2,4-5,12-13,18H,3,6-11,14-15H2,1H3,(H,26,27,28)/t18-/m0/s1. The van der Waals surface area contributed by atoms with E-state index in [1.807, 2.05) is 6.07 Å². The summed E-state index contributed by atoms with van der Waals surface area (Å²) < 4.78 is 11.7. The molecule has 3 aliphatic heterocycles. The van der Waals surface area contributed by atoms with E-state index in [1.54, 1.807) is 41.2 Å². The van der Waals surface area contributed by atoms with Gasteiger partial charge in [-0.1, -0.05) is 6.07 Å². The zero-order valence-electron chi connectivity index (χ0n) is 21.0. The monoisotopic (exact) mass is 520 g/mol. The van der Waals surface area contributed by atoms with E-state index in [1.165, 1.54) is 0 Å². The number of amides is 2. The molecule has 1 aromatic carbocycles. The van der Waals surface area contributed by atoms with Crippen molar-refractivity contribution in [2.75, 3.05) is 61.6 Å². The molecule has 0 aliphatic carbocycles. The Morgan fingerprint density at radius 3 is 2.84 bits per heavy atom. The highest BCUT2D eigenvalue weighted by molar-refractivity contribution is 6.10. The summed E-state index contributed by atoms with van der Waals surface area (Å²) in [6.07, 6.45) is 3.52. The molecule has 0 saturated carbocycles. The number of anilines is 3.